The molecular formula is C10H8BrFN2O. The second-order valence-electron chi connectivity index (χ2n) is 2.91. The molecule has 0 unspecified atom stereocenters. The highest BCUT2D eigenvalue weighted by Crippen LogP contribution is 2.32. The molecule has 0 fully saturated rings. The highest BCUT2D eigenvalue weighted by atomic mass is 79.9. The van der Waals surface area contributed by atoms with Crippen LogP contribution in [0.1, 0.15) is 0 Å². The predicted octanol–water partition coefficient (Wildman–Crippen LogP) is 2.99. The van der Waals surface area contributed by atoms with Gasteiger partial charge in [0, 0.05) is 5.56 Å². The summed E-state index contributed by atoms with van der Waals surface area (Å²) in [6.07, 6.45) is 1.53. The molecule has 0 aliphatic carbocycles. The van der Waals surface area contributed by atoms with Gasteiger partial charge in [0.2, 0.25) is 0 Å². The van der Waals surface area contributed by atoms with Gasteiger partial charge < -0.3 is 9.72 Å². The Kier molecular flexibility index (Phi) is 2.73. The molecule has 0 amide bonds. The first-order chi connectivity index (χ1) is 7.22. The van der Waals surface area contributed by atoms with E-state index in [0.717, 1.165) is 0 Å². The van der Waals surface area contributed by atoms with Crippen molar-refractivity contribution in [3.8, 4) is 17.0 Å². The maximum absolute atomic E-state index is 13.1. The number of H-pyrrole nitrogens is 1. The molecule has 3 nitrogen and oxygen atoms in total. The van der Waals surface area contributed by atoms with Gasteiger partial charge in [-0.2, -0.15) is 0 Å². The highest BCUT2D eigenvalue weighted by molar-refractivity contribution is 9.10. The monoisotopic (exact) mass is 270 g/mol. The van der Waals surface area contributed by atoms with Crippen molar-refractivity contribution in [1.82, 2.24) is 9.97 Å². The topological polar surface area (TPSA) is 37.9 Å². The molecule has 1 aromatic heterocycles. The SMILES string of the molecule is COc1ccc(F)cc1-c1nc[nH]c1Br. The van der Waals surface area contributed by atoms with Crippen LogP contribution in [0.5, 0.6) is 5.75 Å². The number of nitrogens with zero attached hydrogens (tertiary/aromatic N) is 1. The van der Waals surface area contributed by atoms with E-state index in [2.05, 4.69) is 25.9 Å². The molecule has 0 bridgehead atoms. The molecule has 0 saturated heterocycles. The minimum atomic E-state index is -0.319. The van der Waals surface area contributed by atoms with Crippen molar-refractivity contribution in [2.24, 2.45) is 0 Å². The van der Waals surface area contributed by atoms with Crippen molar-refractivity contribution in [2.75, 3.05) is 7.11 Å². The largest absolute Gasteiger partial charge is 0.496 e. The first kappa shape index (κ1) is 10.2. The molecule has 1 aromatic carbocycles. The smallest absolute Gasteiger partial charge is 0.128 e. The Bertz CT molecular complexity index is 484. The summed E-state index contributed by atoms with van der Waals surface area (Å²) in [4.78, 5) is 6.95. The Morgan fingerprint density at radius 2 is 2.27 bits per heavy atom. The van der Waals surface area contributed by atoms with Crippen LogP contribution in [0.4, 0.5) is 4.39 Å². The number of methoxy groups -OCH3 is 1. The fraction of sp³-hybridized carbons (Fsp3) is 0.100. The Hall–Kier alpha value is -1.36. The number of rotatable bonds is 2. The molecule has 0 aliphatic rings. The molecule has 5 heteroatoms. The van der Waals surface area contributed by atoms with Crippen LogP contribution in [0.25, 0.3) is 11.3 Å². The van der Waals surface area contributed by atoms with E-state index in [4.69, 9.17) is 4.74 Å². The lowest BCUT2D eigenvalue weighted by molar-refractivity contribution is 0.415. The quantitative estimate of drug-likeness (QED) is 0.911. The van der Waals surface area contributed by atoms with E-state index in [0.29, 0.717) is 21.6 Å². The summed E-state index contributed by atoms with van der Waals surface area (Å²) in [5.74, 6) is 0.268. The Morgan fingerprint density at radius 3 is 2.87 bits per heavy atom. The second-order valence-corrected chi connectivity index (χ2v) is 3.70. The third-order valence-corrected chi connectivity index (χ3v) is 2.61. The van der Waals surface area contributed by atoms with Crippen molar-refractivity contribution in [3.63, 3.8) is 0 Å². The lowest BCUT2D eigenvalue weighted by Gasteiger charge is -2.06. The van der Waals surface area contributed by atoms with Crippen LogP contribution in [-0.4, -0.2) is 17.1 Å². The first-order valence-electron chi connectivity index (χ1n) is 4.25. The molecule has 0 radical (unpaired) electrons. The average Bonchev–Trinajstić information content (AvgIpc) is 2.64. The zero-order valence-electron chi connectivity index (χ0n) is 7.92. The summed E-state index contributed by atoms with van der Waals surface area (Å²) in [7, 11) is 1.54. The van der Waals surface area contributed by atoms with Crippen LogP contribution in [0.3, 0.4) is 0 Å². The fourth-order valence-electron chi connectivity index (χ4n) is 1.33. The van der Waals surface area contributed by atoms with Gasteiger partial charge in [-0.05, 0) is 34.1 Å². The molecule has 15 heavy (non-hydrogen) atoms. The van der Waals surface area contributed by atoms with E-state index < -0.39 is 0 Å². The molecule has 1 heterocycles. The van der Waals surface area contributed by atoms with Crippen LogP contribution in [0.15, 0.2) is 29.1 Å². The minimum absolute atomic E-state index is 0.319. The molecule has 78 valence electrons. The van der Waals surface area contributed by atoms with Crippen LogP contribution in [-0.2, 0) is 0 Å². The van der Waals surface area contributed by atoms with Gasteiger partial charge >= 0.3 is 0 Å². The number of aromatic nitrogens is 2. The average molecular weight is 271 g/mol. The summed E-state index contributed by atoms with van der Waals surface area (Å²) >= 11 is 3.29. The highest BCUT2D eigenvalue weighted by Gasteiger charge is 2.12. The van der Waals surface area contributed by atoms with Crippen molar-refractivity contribution in [3.05, 3.63) is 34.9 Å². The zero-order chi connectivity index (χ0) is 10.8. The first-order valence-corrected chi connectivity index (χ1v) is 5.04. The van der Waals surface area contributed by atoms with Gasteiger partial charge in [0.25, 0.3) is 0 Å². The van der Waals surface area contributed by atoms with Gasteiger partial charge in [-0.3, -0.25) is 0 Å². The Morgan fingerprint density at radius 1 is 1.47 bits per heavy atom. The summed E-state index contributed by atoms with van der Waals surface area (Å²) in [5, 5.41) is 0. The van der Waals surface area contributed by atoms with Gasteiger partial charge in [0.1, 0.15) is 21.9 Å². The predicted molar refractivity (Wildman–Crippen MR) is 58.2 cm³/mol. The molecule has 2 aromatic rings. The van der Waals surface area contributed by atoms with Gasteiger partial charge in [-0.25, -0.2) is 9.37 Å². The van der Waals surface area contributed by atoms with Crippen LogP contribution < -0.4 is 4.74 Å². The Labute approximate surface area is 94.4 Å². The molecule has 0 aliphatic heterocycles. The van der Waals surface area contributed by atoms with Crippen molar-refractivity contribution < 1.29 is 9.13 Å². The summed E-state index contributed by atoms with van der Waals surface area (Å²) in [5.41, 5.74) is 1.25. The number of ether oxygens (including phenoxy) is 1. The summed E-state index contributed by atoms with van der Waals surface area (Å²) in [6.45, 7) is 0. The number of imidazole rings is 1. The van der Waals surface area contributed by atoms with Crippen molar-refractivity contribution in [2.45, 2.75) is 0 Å². The van der Waals surface area contributed by atoms with E-state index in [1.54, 1.807) is 6.07 Å². The minimum Gasteiger partial charge on any atom is -0.496 e. The lowest BCUT2D eigenvalue weighted by Crippen LogP contribution is -1.89. The van der Waals surface area contributed by atoms with Gasteiger partial charge in [0.15, 0.2) is 0 Å². The fourth-order valence-corrected chi connectivity index (χ4v) is 1.75. The summed E-state index contributed by atoms with van der Waals surface area (Å²) < 4.78 is 18.9. The van der Waals surface area contributed by atoms with E-state index in [1.165, 1.54) is 25.6 Å². The number of benzene rings is 1. The number of hydrogen-bond donors (Lipinski definition) is 1. The van der Waals surface area contributed by atoms with Gasteiger partial charge in [0.05, 0.1) is 13.4 Å². The van der Waals surface area contributed by atoms with E-state index in [-0.39, 0.29) is 5.82 Å². The maximum atomic E-state index is 13.1. The maximum Gasteiger partial charge on any atom is 0.128 e. The molecule has 2 rings (SSSR count). The molecule has 0 atom stereocenters. The molecule has 1 N–H and O–H groups in total. The molecular weight excluding hydrogens is 263 g/mol. The summed E-state index contributed by atoms with van der Waals surface area (Å²) in [6, 6.07) is 4.31. The van der Waals surface area contributed by atoms with Gasteiger partial charge in [-0.15, -0.1) is 0 Å². The van der Waals surface area contributed by atoms with Crippen LogP contribution >= 0.6 is 15.9 Å². The number of nitrogens with one attached hydrogen (secondary N) is 1. The standard InChI is InChI=1S/C10H8BrFN2O/c1-15-8-3-2-6(12)4-7(8)9-10(11)14-5-13-9/h2-5H,1H3,(H,13,14). The van der Waals surface area contributed by atoms with E-state index in [1.807, 2.05) is 0 Å². The van der Waals surface area contributed by atoms with E-state index >= 15 is 0 Å². The molecule has 0 saturated carbocycles. The number of hydrogen-bond acceptors (Lipinski definition) is 2. The third-order valence-electron chi connectivity index (χ3n) is 2.01. The third kappa shape index (κ3) is 1.87. The number of halogens is 2. The van der Waals surface area contributed by atoms with Crippen molar-refractivity contribution >= 4 is 15.9 Å². The molecule has 0 spiro atoms. The van der Waals surface area contributed by atoms with E-state index in [9.17, 15) is 4.39 Å². The lowest BCUT2D eigenvalue weighted by atomic mass is 10.1. The van der Waals surface area contributed by atoms with Gasteiger partial charge in [-0.1, -0.05) is 0 Å². The zero-order valence-corrected chi connectivity index (χ0v) is 9.51. The van der Waals surface area contributed by atoms with Crippen LogP contribution in [0, 0.1) is 5.82 Å². The second kappa shape index (κ2) is 4.02. The van der Waals surface area contributed by atoms with Crippen molar-refractivity contribution in [1.29, 1.82) is 0 Å². The number of aromatic amines is 1. The Balaban J connectivity index is 2.60. The normalized spacial score (nSPS) is 10.3. The van der Waals surface area contributed by atoms with Crippen LogP contribution in [0.2, 0.25) is 0 Å².